The topological polar surface area (TPSA) is 64.6 Å². The molecule has 0 bridgehead atoms. The molecule has 1 atom stereocenters. The van der Waals surface area contributed by atoms with Crippen molar-refractivity contribution in [1.29, 1.82) is 0 Å². The SMILES string of the molecule is CCC(=O)[C@H](COC)NC(=O)OC. The number of ether oxygens (including phenoxy) is 2. The van der Waals surface area contributed by atoms with Crippen molar-refractivity contribution in [3.05, 3.63) is 0 Å². The molecule has 0 aromatic rings. The first-order valence-electron chi connectivity index (χ1n) is 4.01. The van der Waals surface area contributed by atoms with Crippen molar-refractivity contribution < 1.29 is 19.1 Å². The number of carbonyl (C=O) groups excluding carboxylic acids is 2. The van der Waals surface area contributed by atoms with Gasteiger partial charge in [0.25, 0.3) is 0 Å². The second-order valence-electron chi connectivity index (χ2n) is 2.46. The molecule has 13 heavy (non-hydrogen) atoms. The standard InChI is InChI=1S/C8H15NO4/c1-4-7(10)6(5-12-2)9-8(11)13-3/h6H,4-5H2,1-3H3,(H,9,11)/t6-/m0/s1. The predicted molar refractivity (Wildman–Crippen MR) is 46.5 cm³/mol. The molecule has 76 valence electrons. The Morgan fingerprint density at radius 3 is 2.38 bits per heavy atom. The van der Waals surface area contributed by atoms with Gasteiger partial charge in [0.2, 0.25) is 0 Å². The van der Waals surface area contributed by atoms with Gasteiger partial charge in [-0.1, -0.05) is 6.92 Å². The van der Waals surface area contributed by atoms with Gasteiger partial charge in [0.05, 0.1) is 13.7 Å². The number of Topliss-reactive ketones (excluding diaryl/α,β-unsaturated/α-hetero) is 1. The zero-order valence-corrected chi connectivity index (χ0v) is 8.12. The van der Waals surface area contributed by atoms with E-state index in [0.29, 0.717) is 6.42 Å². The van der Waals surface area contributed by atoms with Crippen LogP contribution >= 0.6 is 0 Å². The fraction of sp³-hybridized carbons (Fsp3) is 0.750. The van der Waals surface area contributed by atoms with Crippen LogP contribution in [0.3, 0.4) is 0 Å². The Morgan fingerprint density at radius 1 is 1.38 bits per heavy atom. The maximum atomic E-state index is 11.2. The Balaban J connectivity index is 4.08. The number of rotatable bonds is 5. The van der Waals surface area contributed by atoms with Crippen molar-refractivity contribution in [3.63, 3.8) is 0 Å². The molecular formula is C8H15NO4. The van der Waals surface area contributed by atoms with Crippen molar-refractivity contribution in [2.45, 2.75) is 19.4 Å². The van der Waals surface area contributed by atoms with E-state index in [-0.39, 0.29) is 12.4 Å². The van der Waals surface area contributed by atoms with Crippen molar-refractivity contribution in [3.8, 4) is 0 Å². The molecule has 0 fully saturated rings. The minimum atomic E-state index is -0.621. The molecule has 0 saturated heterocycles. The molecule has 0 aromatic heterocycles. The molecule has 0 spiro atoms. The average Bonchev–Trinajstić information content (AvgIpc) is 2.15. The molecule has 0 rings (SSSR count). The zero-order chi connectivity index (χ0) is 10.3. The molecule has 0 unspecified atom stereocenters. The Labute approximate surface area is 77.4 Å². The van der Waals surface area contributed by atoms with E-state index in [1.807, 2.05) is 0 Å². The van der Waals surface area contributed by atoms with Gasteiger partial charge in [0, 0.05) is 13.5 Å². The molecular weight excluding hydrogens is 174 g/mol. The van der Waals surface area contributed by atoms with Crippen LogP contribution in [0.4, 0.5) is 4.79 Å². The number of methoxy groups -OCH3 is 2. The number of amides is 1. The molecule has 5 nitrogen and oxygen atoms in total. The Hall–Kier alpha value is -1.10. The molecule has 0 saturated carbocycles. The van der Waals surface area contributed by atoms with Crippen LogP contribution in [0.2, 0.25) is 0 Å². The Kier molecular flexibility index (Phi) is 5.88. The zero-order valence-electron chi connectivity index (χ0n) is 8.12. The van der Waals surface area contributed by atoms with E-state index >= 15 is 0 Å². The lowest BCUT2D eigenvalue weighted by molar-refractivity contribution is -0.121. The number of hydrogen-bond acceptors (Lipinski definition) is 4. The summed E-state index contributed by atoms with van der Waals surface area (Å²) in [5.74, 6) is -0.0766. The summed E-state index contributed by atoms with van der Waals surface area (Å²) in [6.07, 6.45) is -0.262. The third-order valence-corrected chi connectivity index (χ3v) is 1.55. The summed E-state index contributed by atoms with van der Waals surface area (Å²) >= 11 is 0. The molecule has 0 aliphatic carbocycles. The Morgan fingerprint density at radius 2 is 2.00 bits per heavy atom. The van der Waals surface area contributed by atoms with Crippen molar-refractivity contribution in [2.24, 2.45) is 0 Å². The molecule has 0 aliphatic rings. The summed E-state index contributed by atoms with van der Waals surface area (Å²) in [6, 6.07) is -0.609. The number of hydrogen-bond donors (Lipinski definition) is 1. The summed E-state index contributed by atoms with van der Waals surface area (Å²) in [6.45, 7) is 1.89. The van der Waals surface area contributed by atoms with Gasteiger partial charge < -0.3 is 14.8 Å². The van der Waals surface area contributed by atoms with Crippen LogP contribution in [0.5, 0.6) is 0 Å². The molecule has 0 radical (unpaired) electrons. The smallest absolute Gasteiger partial charge is 0.407 e. The van der Waals surface area contributed by atoms with E-state index in [2.05, 4.69) is 10.1 Å². The van der Waals surface area contributed by atoms with Crippen molar-refractivity contribution in [2.75, 3.05) is 20.8 Å². The van der Waals surface area contributed by atoms with Gasteiger partial charge in [-0.2, -0.15) is 0 Å². The average molecular weight is 189 g/mol. The minimum Gasteiger partial charge on any atom is -0.453 e. The van der Waals surface area contributed by atoms with Gasteiger partial charge in [0.1, 0.15) is 6.04 Å². The highest BCUT2D eigenvalue weighted by molar-refractivity contribution is 5.87. The molecule has 5 heteroatoms. The van der Waals surface area contributed by atoms with Gasteiger partial charge in [-0.3, -0.25) is 4.79 Å². The molecule has 1 N–H and O–H groups in total. The number of alkyl carbamates (subject to hydrolysis) is 1. The first-order chi connectivity index (χ1) is 6.15. The van der Waals surface area contributed by atoms with Crippen LogP contribution in [0.1, 0.15) is 13.3 Å². The lowest BCUT2D eigenvalue weighted by atomic mass is 10.1. The highest BCUT2D eigenvalue weighted by Crippen LogP contribution is 1.93. The van der Waals surface area contributed by atoms with Crippen LogP contribution < -0.4 is 5.32 Å². The van der Waals surface area contributed by atoms with Crippen LogP contribution in [-0.4, -0.2) is 38.7 Å². The minimum absolute atomic E-state index is 0.0766. The van der Waals surface area contributed by atoms with E-state index in [0.717, 1.165) is 0 Å². The summed E-state index contributed by atoms with van der Waals surface area (Å²) in [5, 5.41) is 2.38. The van der Waals surface area contributed by atoms with Gasteiger partial charge in [-0.25, -0.2) is 4.79 Å². The highest BCUT2D eigenvalue weighted by Gasteiger charge is 2.18. The molecule has 0 heterocycles. The normalized spacial score (nSPS) is 11.9. The molecule has 0 aromatic carbocycles. The second kappa shape index (κ2) is 6.42. The van der Waals surface area contributed by atoms with Gasteiger partial charge in [0.15, 0.2) is 5.78 Å². The quantitative estimate of drug-likeness (QED) is 0.677. The van der Waals surface area contributed by atoms with E-state index in [1.165, 1.54) is 14.2 Å². The predicted octanol–water partition coefficient (Wildman–Crippen LogP) is 0.337. The number of ketones is 1. The number of carbonyl (C=O) groups is 2. The van der Waals surface area contributed by atoms with Gasteiger partial charge in [-0.15, -0.1) is 0 Å². The summed E-state index contributed by atoms with van der Waals surface area (Å²) in [7, 11) is 2.71. The maximum Gasteiger partial charge on any atom is 0.407 e. The van der Waals surface area contributed by atoms with Crippen LogP contribution in [0, 0.1) is 0 Å². The van der Waals surface area contributed by atoms with Crippen LogP contribution in [0.15, 0.2) is 0 Å². The first kappa shape index (κ1) is 11.9. The highest BCUT2D eigenvalue weighted by atomic mass is 16.5. The van der Waals surface area contributed by atoms with E-state index in [1.54, 1.807) is 6.92 Å². The van der Waals surface area contributed by atoms with Crippen LogP contribution in [0.25, 0.3) is 0 Å². The van der Waals surface area contributed by atoms with Crippen molar-refractivity contribution >= 4 is 11.9 Å². The lowest BCUT2D eigenvalue weighted by Crippen LogP contribution is -2.43. The molecule has 0 aliphatic heterocycles. The maximum absolute atomic E-state index is 11.2. The Bertz CT molecular complexity index is 181. The van der Waals surface area contributed by atoms with E-state index in [9.17, 15) is 9.59 Å². The third-order valence-electron chi connectivity index (χ3n) is 1.55. The second-order valence-corrected chi connectivity index (χ2v) is 2.46. The summed E-state index contributed by atoms with van der Waals surface area (Å²) in [4.78, 5) is 22.0. The van der Waals surface area contributed by atoms with E-state index in [4.69, 9.17) is 4.74 Å². The third kappa shape index (κ3) is 4.47. The molecule has 1 amide bonds. The van der Waals surface area contributed by atoms with Crippen LogP contribution in [-0.2, 0) is 14.3 Å². The summed E-state index contributed by atoms with van der Waals surface area (Å²) < 4.78 is 9.15. The van der Waals surface area contributed by atoms with Gasteiger partial charge >= 0.3 is 6.09 Å². The van der Waals surface area contributed by atoms with Crippen molar-refractivity contribution in [1.82, 2.24) is 5.32 Å². The fourth-order valence-corrected chi connectivity index (χ4v) is 0.829. The lowest BCUT2D eigenvalue weighted by Gasteiger charge is -2.14. The largest absolute Gasteiger partial charge is 0.453 e. The fourth-order valence-electron chi connectivity index (χ4n) is 0.829. The monoisotopic (exact) mass is 189 g/mol. The number of nitrogens with one attached hydrogen (secondary N) is 1. The van der Waals surface area contributed by atoms with Gasteiger partial charge in [-0.05, 0) is 0 Å². The first-order valence-corrected chi connectivity index (χ1v) is 4.01. The summed E-state index contributed by atoms with van der Waals surface area (Å²) in [5.41, 5.74) is 0. The van der Waals surface area contributed by atoms with E-state index < -0.39 is 12.1 Å².